The van der Waals surface area contributed by atoms with Gasteiger partial charge >= 0.3 is 5.97 Å². The van der Waals surface area contributed by atoms with Gasteiger partial charge in [0.2, 0.25) is 0 Å². The fourth-order valence-electron chi connectivity index (χ4n) is 1.94. The summed E-state index contributed by atoms with van der Waals surface area (Å²) in [6.07, 6.45) is 3.65. The molecule has 0 spiro atoms. The molecule has 12 heavy (non-hydrogen) atoms. The van der Waals surface area contributed by atoms with Gasteiger partial charge in [-0.1, -0.05) is 5.92 Å². The highest BCUT2D eigenvalue weighted by atomic mass is 16.5. The summed E-state index contributed by atoms with van der Waals surface area (Å²) in [6.45, 7) is 0. The van der Waals surface area contributed by atoms with Crippen molar-refractivity contribution in [1.82, 2.24) is 0 Å². The van der Waals surface area contributed by atoms with Crippen molar-refractivity contribution in [3.63, 3.8) is 0 Å². The fraction of sp³-hybridized carbons (Fsp3) is 0.667. The van der Waals surface area contributed by atoms with Gasteiger partial charge in [-0.2, -0.15) is 0 Å². The minimum atomic E-state index is -1.04. The summed E-state index contributed by atoms with van der Waals surface area (Å²) in [5.74, 6) is 4.02. The summed E-state index contributed by atoms with van der Waals surface area (Å²) < 4.78 is 5.52. The topological polar surface area (TPSA) is 46.5 Å². The van der Waals surface area contributed by atoms with E-state index in [1.807, 2.05) is 0 Å². The van der Waals surface area contributed by atoms with Gasteiger partial charge in [-0.05, 0) is 19.3 Å². The Labute approximate surface area is 70.7 Å². The van der Waals surface area contributed by atoms with Gasteiger partial charge in [0, 0.05) is 11.8 Å². The first-order valence-electron chi connectivity index (χ1n) is 4.15. The standard InChI is InChI=1S/C9H10O3/c10-9(11)4-1-6-5-7-2-3-8(6)12-7/h6-8H,2-3,5H2,(H,10,11). The number of hydrogen-bond donors (Lipinski definition) is 1. The number of carboxylic acid groups (broad SMARTS) is 1. The molecule has 0 radical (unpaired) electrons. The molecule has 0 aliphatic carbocycles. The van der Waals surface area contributed by atoms with E-state index in [9.17, 15) is 4.79 Å². The molecule has 2 aliphatic rings. The van der Waals surface area contributed by atoms with Crippen LogP contribution >= 0.6 is 0 Å². The van der Waals surface area contributed by atoms with E-state index in [1.165, 1.54) is 0 Å². The van der Waals surface area contributed by atoms with Gasteiger partial charge in [-0.25, -0.2) is 4.79 Å². The molecule has 3 unspecified atom stereocenters. The van der Waals surface area contributed by atoms with E-state index in [0.717, 1.165) is 19.3 Å². The molecular weight excluding hydrogens is 156 g/mol. The fourth-order valence-corrected chi connectivity index (χ4v) is 1.94. The number of ether oxygens (including phenoxy) is 1. The van der Waals surface area contributed by atoms with Crippen molar-refractivity contribution in [1.29, 1.82) is 0 Å². The lowest BCUT2D eigenvalue weighted by Gasteiger charge is -2.10. The van der Waals surface area contributed by atoms with Crippen LogP contribution in [0.3, 0.4) is 0 Å². The average molecular weight is 166 g/mol. The van der Waals surface area contributed by atoms with E-state index in [1.54, 1.807) is 0 Å². The number of carbonyl (C=O) groups is 1. The molecule has 3 heteroatoms. The highest BCUT2D eigenvalue weighted by molar-refractivity contribution is 5.86. The Hall–Kier alpha value is -1.01. The summed E-state index contributed by atoms with van der Waals surface area (Å²) in [6, 6.07) is 0. The third-order valence-electron chi connectivity index (χ3n) is 2.47. The predicted octanol–water partition coefficient (Wildman–Crippen LogP) is 0.642. The lowest BCUT2D eigenvalue weighted by Crippen LogP contribution is -2.14. The Morgan fingerprint density at radius 1 is 1.50 bits per heavy atom. The van der Waals surface area contributed by atoms with Crippen molar-refractivity contribution in [3.05, 3.63) is 0 Å². The second-order valence-electron chi connectivity index (χ2n) is 3.29. The van der Waals surface area contributed by atoms with Crippen molar-refractivity contribution < 1.29 is 14.6 Å². The van der Waals surface area contributed by atoms with E-state index in [-0.39, 0.29) is 12.0 Å². The number of fused-ring (bicyclic) bond motifs is 2. The maximum absolute atomic E-state index is 10.1. The lowest BCUT2D eigenvalue weighted by molar-refractivity contribution is -0.130. The molecule has 3 nitrogen and oxygen atoms in total. The van der Waals surface area contributed by atoms with Crippen molar-refractivity contribution >= 4 is 5.97 Å². The molecule has 2 heterocycles. The van der Waals surface area contributed by atoms with Crippen LogP contribution in [0.15, 0.2) is 0 Å². The van der Waals surface area contributed by atoms with Crippen molar-refractivity contribution in [3.8, 4) is 11.8 Å². The zero-order valence-electron chi connectivity index (χ0n) is 6.62. The van der Waals surface area contributed by atoms with Crippen LogP contribution in [0.25, 0.3) is 0 Å². The maximum Gasteiger partial charge on any atom is 0.381 e. The maximum atomic E-state index is 10.1. The Morgan fingerprint density at radius 2 is 2.33 bits per heavy atom. The van der Waals surface area contributed by atoms with E-state index in [2.05, 4.69) is 11.8 Å². The third-order valence-corrected chi connectivity index (χ3v) is 2.47. The van der Waals surface area contributed by atoms with Gasteiger partial charge in [0.15, 0.2) is 0 Å². The molecule has 0 aromatic heterocycles. The Morgan fingerprint density at radius 3 is 2.83 bits per heavy atom. The zero-order valence-corrected chi connectivity index (χ0v) is 6.62. The van der Waals surface area contributed by atoms with Gasteiger partial charge in [-0.15, -0.1) is 0 Å². The normalized spacial score (nSPS) is 37.5. The Balaban J connectivity index is 2.00. The second-order valence-corrected chi connectivity index (χ2v) is 3.29. The molecule has 0 aromatic carbocycles. The summed E-state index contributed by atoms with van der Waals surface area (Å²) in [5, 5.41) is 8.33. The highest BCUT2D eigenvalue weighted by Gasteiger charge is 2.39. The molecular formula is C9H10O3. The minimum absolute atomic E-state index is 0.167. The van der Waals surface area contributed by atoms with E-state index < -0.39 is 5.97 Å². The monoisotopic (exact) mass is 166 g/mol. The lowest BCUT2D eigenvalue weighted by atomic mass is 9.90. The van der Waals surface area contributed by atoms with Crippen LogP contribution in [-0.2, 0) is 9.53 Å². The first-order valence-corrected chi connectivity index (χ1v) is 4.15. The zero-order chi connectivity index (χ0) is 8.55. The summed E-state index contributed by atoms with van der Waals surface area (Å²) >= 11 is 0. The molecule has 64 valence electrons. The summed E-state index contributed by atoms with van der Waals surface area (Å²) in [4.78, 5) is 10.1. The van der Waals surface area contributed by atoms with Crippen LogP contribution < -0.4 is 0 Å². The summed E-state index contributed by atoms with van der Waals surface area (Å²) in [5.41, 5.74) is 0. The van der Waals surface area contributed by atoms with Crippen molar-refractivity contribution in [2.75, 3.05) is 0 Å². The van der Waals surface area contributed by atoms with Crippen LogP contribution in [-0.4, -0.2) is 23.3 Å². The quantitative estimate of drug-likeness (QED) is 0.537. The number of rotatable bonds is 0. The molecule has 3 atom stereocenters. The average Bonchev–Trinajstić information content (AvgIpc) is 2.60. The molecule has 0 saturated carbocycles. The first-order chi connectivity index (χ1) is 5.75. The van der Waals surface area contributed by atoms with E-state index in [4.69, 9.17) is 9.84 Å². The molecule has 2 aliphatic heterocycles. The van der Waals surface area contributed by atoms with Crippen LogP contribution in [0.5, 0.6) is 0 Å². The number of carboxylic acids is 1. The van der Waals surface area contributed by atoms with Crippen LogP contribution in [0, 0.1) is 17.8 Å². The molecule has 1 N–H and O–H groups in total. The van der Waals surface area contributed by atoms with Gasteiger partial charge in [0.1, 0.15) is 0 Å². The van der Waals surface area contributed by atoms with Crippen molar-refractivity contribution in [2.24, 2.45) is 5.92 Å². The SMILES string of the molecule is O=C(O)C#CC1CC2CCC1O2. The molecule has 2 saturated heterocycles. The third kappa shape index (κ3) is 1.30. The molecule has 2 rings (SSSR count). The van der Waals surface area contributed by atoms with Crippen LogP contribution in [0.2, 0.25) is 0 Å². The molecule has 0 amide bonds. The highest BCUT2D eigenvalue weighted by Crippen LogP contribution is 2.38. The van der Waals surface area contributed by atoms with Crippen LogP contribution in [0.4, 0.5) is 0 Å². The smallest absolute Gasteiger partial charge is 0.381 e. The first kappa shape index (κ1) is 7.63. The van der Waals surface area contributed by atoms with Gasteiger partial charge < -0.3 is 9.84 Å². The van der Waals surface area contributed by atoms with E-state index >= 15 is 0 Å². The van der Waals surface area contributed by atoms with Gasteiger partial charge in [-0.3, -0.25) is 0 Å². The second kappa shape index (κ2) is 2.80. The Kier molecular flexibility index (Phi) is 1.78. The van der Waals surface area contributed by atoms with Gasteiger partial charge in [0.05, 0.1) is 12.2 Å². The predicted molar refractivity (Wildman–Crippen MR) is 41.4 cm³/mol. The molecule has 2 fully saturated rings. The van der Waals surface area contributed by atoms with Crippen molar-refractivity contribution in [2.45, 2.75) is 31.5 Å². The largest absolute Gasteiger partial charge is 0.472 e. The molecule has 0 aromatic rings. The van der Waals surface area contributed by atoms with Crippen LogP contribution in [0.1, 0.15) is 19.3 Å². The minimum Gasteiger partial charge on any atom is -0.472 e. The number of aliphatic carboxylic acids is 1. The summed E-state index contributed by atoms with van der Waals surface area (Å²) in [7, 11) is 0. The van der Waals surface area contributed by atoms with Gasteiger partial charge in [0.25, 0.3) is 0 Å². The Bertz CT molecular complexity index is 261. The molecule has 2 bridgehead atoms. The number of hydrogen-bond acceptors (Lipinski definition) is 2. The van der Waals surface area contributed by atoms with E-state index in [0.29, 0.717) is 6.10 Å².